The lowest BCUT2D eigenvalue weighted by molar-refractivity contribution is -0.137. The summed E-state index contributed by atoms with van der Waals surface area (Å²) in [5.74, 6) is 1.39. The summed E-state index contributed by atoms with van der Waals surface area (Å²) in [6.45, 7) is 0.550. The van der Waals surface area contributed by atoms with Crippen LogP contribution in [0.4, 0.5) is 18.0 Å². The van der Waals surface area contributed by atoms with Gasteiger partial charge in [-0.3, -0.25) is 0 Å². The van der Waals surface area contributed by atoms with Crippen molar-refractivity contribution in [1.29, 1.82) is 0 Å². The molecule has 2 saturated carbocycles. The number of ether oxygens (including phenoxy) is 2. The number of hydrogen-bond acceptors (Lipinski definition) is 4. The third kappa shape index (κ3) is 3.26. The molecule has 136 valence electrons. The van der Waals surface area contributed by atoms with E-state index in [4.69, 9.17) is 9.47 Å². The van der Waals surface area contributed by atoms with Crippen molar-refractivity contribution in [3.63, 3.8) is 0 Å². The van der Waals surface area contributed by atoms with Gasteiger partial charge in [0.2, 0.25) is 5.88 Å². The van der Waals surface area contributed by atoms with Crippen LogP contribution in [0.3, 0.4) is 0 Å². The number of nitrogens with zero attached hydrogens (tertiary/aromatic N) is 2. The second kappa shape index (κ2) is 6.07. The highest BCUT2D eigenvalue weighted by Gasteiger charge is 2.47. The van der Waals surface area contributed by atoms with Gasteiger partial charge in [0.05, 0.1) is 12.1 Å². The molecule has 25 heavy (non-hydrogen) atoms. The number of rotatable bonds is 4. The normalized spacial score (nSPS) is 31.5. The van der Waals surface area contributed by atoms with E-state index in [9.17, 15) is 18.0 Å². The van der Waals surface area contributed by atoms with Crippen LogP contribution in [-0.2, 0) is 10.9 Å². The number of cyclic esters (lactones) is 1. The summed E-state index contributed by atoms with van der Waals surface area (Å²) in [5, 5.41) is 0. The fourth-order valence-electron chi connectivity index (χ4n) is 4.30. The molecule has 1 amide bonds. The van der Waals surface area contributed by atoms with Gasteiger partial charge < -0.3 is 14.4 Å². The van der Waals surface area contributed by atoms with Crippen LogP contribution >= 0.6 is 0 Å². The first-order chi connectivity index (χ1) is 11.9. The Labute approximate surface area is 143 Å². The standard InChI is InChI=1S/C17H19F3N2O3/c18-17(19,20)12-3-4-15(21-7-12)24-9-13-8-22(16(23)25-13)14-6-10-1-2-11(14)5-10/h3-4,7,10-11,13-14H,1-2,5-6,8-9H2/t10?,11?,13-,14?/m0/s1. The molecule has 1 aliphatic heterocycles. The molecule has 3 aliphatic rings. The molecule has 3 unspecified atom stereocenters. The number of aromatic nitrogens is 1. The van der Waals surface area contributed by atoms with E-state index in [1.54, 1.807) is 4.90 Å². The molecule has 2 aliphatic carbocycles. The van der Waals surface area contributed by atoms with E-state index in [1.807, 2.05) is 0 Å². The van der Waals surface area contributed by atoms with Gasteiger partial charge in [-0.2, -0.15) is 13.2 Å². The minimum absolute atomic E-state index is 0.0847. The van der Waals surface area contributed by atoms with E-state index in [1.165, 1.54) is 25.3 Å². The Morgan fingerprint density at radius 2 is 2.12 bits per heavy atom. The van der Waals surface area contributed by atoms with E-state index in [0.717, 1.165) is 24.6 Å². The Balaban J connectivity index is 1.31. The first-order valence-electron chi connectivity index (χ1n) is 8.53. The zero-order valence-corrected chi connectivity index (χ0v) is 13.5. The molecule has 1 aromatic heterocycles. The van der Waals surface area contributed by atoms with Gasteiger partial charge in [0.1, 0.15) is 6.61 Å². The third-order valence-corrected chi connectivity index (χ3v) is 5.48. The fourth-order valence-corrected chi connectivity index (χ4v) is 4.30. The molecule has 0 radical (unpaired) electrons. The lowest BCUT2D eigenvalue weighted by atomic mass is 9.94. The van der Waals surface area contributed by atoms with Gasteiger partial charge in [0.15, 0.2) is 6.10 Å². The van der Waals surface area contributed by atoms with E-state index in [-0.39, 0.29) is 24.6 Å². The maximum atomic E-state index is 12.5. The van der Waals surface area contributed by atoms with Crippen molar-refractivity contribution in [2.24, 2.45) is 11.8 Å². The third-order valence-electron chi connectivity index (χ3n) is 5.48. The zero-order valence-electron chi connectivity index (χ0n) is 13.5. The number of amides is 1. The average Bonchev–Trinajstić information content (AvgIpc) is 3.27. The van der Waals surface area contributed by atoms with Crippen LogP contribution in [0.1, 0.15) is 31.2 Å². The first-order valence-corrected chi connectivity index (χ1v) is 8.53. The van der Waals surface area contributed by atoms with E-state index >= 15 is 0 Å². The fraction of sp³-hybridized carbons (Fsp3) is 0.647. The van der Waals surface area contributed by atoms with Crippen molar-refractivity contribution in [2.45, 2.75) is 44.0 Å². The number of pyridine rings is 1. The van der Waals surface area contributed by atoms with Gasteiger partial charge in [-0.25, -0.2) is 9.78 Å². The summed E-state index contributed by atoms with van der Waals surface area (Å²) in [6, 6.07) is 2.36. The molecular formula is C17H19F3N2O3. The van der Waals surface area contributed by atoms with Crippen LogP contribution < -0.4 is 4.74 Å². The van der Waals surface area contributed by atoms with Crippen molar-refractivity contribution in [3.05, 3.63) is 23.9 Å². The molecule has 5 nitrogen and oxygen atoms in total. The molecule has 4 atom stereocenters. The van der Waals surface area contributed by atoms with Crippen LogP contribution in [0.2, 0.25) is 0 Å². The summed E-state index contributed by atoms with van der Waals surface area (Å²) in [4.78, 5) is 17.6. The predicted molar refractivity (Wildman–Crippen MR) is 80.9 cm³/mol. The second-order valence-electron chi connectivity index (χ2n) is 7.09. The average molecular weight is 356 g/mol. The van der Waals surface area contributed by atoms with E-state index < -0.39 is 17.8 Å². The van der Waals surface area contributed by atoms with Crippen LogP contribution in [0.5, 0.6) is 5.88 Å². The van der Waals surface area contributed by atoms with Crippen molar-refractivity contribution < 1.29 is 27.4 Å². The summed E-state index contributed by atoms with van der Waals surface area (Å²) in [5.41, 5.74) is -0.824. The first kappa shape index (κ1) is 16.5. The molecule has 0 aromatic carbocycles. The molecule has 1 aromatic rings. The Morgan fingerprint density at radius 1 is 1.28 bits per heavy atom. The molecular weight excluding hydrogens is 337 g/mol. The maximum absolute atomic E-state index is 12.5. The summed E-state index contributed by atoms with van der Waals surface area (Å²) in [6.07, 6.45) is 0.262. The predicted octanol–water partition coefficient (Wildman–Crippen LogP) is 3.49. The van der Waals surface area contributed by atoms with Gasteiger partial charge in [0, 0.05) is 18.3 Å². The van der Waals surface area contributed by atoms with Crippen LogP contribution in [0.15, 0.2) is 18.3 Å². The van der Waals surface area contributed by atoms with Gasteiger partial charge in [-0.1, -0.05) is 6.42 Å². The van der Waals surface area contributed by atoms with Crippen molar-refractivity contribution in [3.8, 4) is 5.88 Å². The topological polar surface area (TPSA) is 51.7 Å². The summed E-state index contributed by atoms with van der Waals surface area (Å²) >= 11 is 0. The minimum Gasteiger partial charge on any atom is -0.474 e. The molecule has 1 saturated heterocycles. The van der Waals surface area contributed by atoms with Gasteiger partial charge in [-0.15, -0.1) is 0 Å². The van der Waals surface area contributed by atoms with Crippen molar-refractivity contribution in [1.82, 2.24) is 9.88 Å². The Hall–Kier alpha value is -1.99. The lowest BCUT2D eigenvalue weighted by Crippen LogP contribution is -2.40. The Bertz CT molecular complexity index is 650. The number of carbonyl (C=O) groups is 1. The van der Waals surface area contributed by atoms with Gasteiger partial charge in [-0.05, 0) is 37.2 Å². The van der Waals surface area contributed by atoms with Gasteiger partial charge in [0.25, 0.3) is 0 Å². The Morgan fingerprint density at radius 3 is 2.72 bits per heavy atom. The summed E-state index contributed by atoms with van der Waals surface area (Å²) in [7, 11) is 0. The highest BCUT2D eigenvalue weighted by molar-refractivity contribution is 5.70. The molecule has 2 bridgehead atoms. The number of fused-ring (bicyclic) bond motifs is 2. The highest BCUT2D eigenvalue weighted by Crippen LogP contribution is 2.47. The van der Waals surface area contributed by atoms with Crippen LogP contribution in [0.25, 0.3) is 0 Å². The van der Waals surface area contributed by atoms with Crippen LogP contribution in [0, 0.1) is 11.8 Å². The monoisotopic (exact) mass is 356 g/mol. The molecule has 4 rings (SSSR count). The quantitative estimate of drug-likeness (QED) is 0.829. The van der Waals surface area contributed by atoms with Crippen LogP contribution in [-0.4, -0.2) is 41.3 Å². The number of alkyl halides is 3. The minimum atomic E-state index is -4.42. The second-order valence-corrected chi connectivity index (χ2v) is 7.09. The van der Waals surface area contributed by atoms with Crippen molar-refractivity contribution >= 4 is 6.09 Å². The number of carbonyl (C=O) groups excluding carboxylic acids is 1. The molecule has 0 spiro atoms. The Kier molecular flexibility index (Phi) is 4.00. The SMILES string of the molecule is O=C1O[C@H](COc2ccc(C(F)(F)F)cn2)CN1C1CC2CCC1C2. The van der Waals surface area contributed by atoms with Crippen molar-refractivity contribution in [2.75, 3.05) is 13.2 Å². The highest BCUT2D eigenvalue weighted by atomic mass is 19.4. The smallest absolute Gasteiger partial charge is 0.417 e. The molecule has 3 fully saturated rings. The van der Waals surface area contributed by atoms with Gasteiger partial charge >= 0.3 is 12.3 Å². The summed E-state index contributed by atoms with van der Waals surface area (Å²) < 4.78 is 48.3. The van der Waals surface area contributed by atoms with E-state index in [2.05, 4.69) is 4.98 Å². The lowest BCUT2D eigenvalue weighted by Gasteiger charge is -2.29. The molecule has 2 heterocycles. The molecule has 0 N–H and O–H groups in total. The number of hydrogen-bond donors (Lipinski definition) is 0. The largest absolute Gasteiger partial charge is 0.474 e. The molecule has 8 heteroatoms. The van der Waals surface area contributed by atoms with E-state index in [0.29, 0.717) is 12.5 Å². The zero-order chi connectivity index (χ0) is 17.6. The maximum Gasteiger partial charge on any atom is 0.417 e. The number of halogens is 3.